The Labute approximate surface area is 90.4 Å². The lowest BCUT2D eigenvalue weighted by molar-refractivity contribution is -0.109. The van der Waals surface area contributed by atoms with Gasteiger partial charge in [0.05, 0.1) is 13.2 Å². The number of hydrogen-bond acceptors (Lipinski definition) is 3. The number of aryl methyl sites for hydroxylation is 2. The molecule has 1 atom stereocenters. The van der Waals surface area contributed by atoms with Gasteiger partial charge in [-0.1, -0.05) is 17.7 Å². The van der Waals surface area contributed by atoms with Gasteiger partial charge in [0.15, 0.2) is 0 Å². The molecule has 0 saturated heterocycles. The van der Waals surface area contributed by atoms with Crippen LogP contribution in [0.1, 0.15) is 22.7 Å². The smallest absolute Gasteiger partial charge is 0.141 e. The van der Waals surface area contributed by atoms with E-state index in [-0.39, 0.29) is 6.04 Å². The largest absolute Gasteiger partial charge is 0.496 e. The van der Waals surface area contributed by atoms with Crippen LogP contribution in [0.5, 0.6) is 5.75 Å². The molecule has 0 heterocycles. The van der Waals surface area contributed by atoms with E-state index in [1.54, 1.807) is 14.2 Å². The summed E-state index contributed by atoms with van der Waals surface area (Å²) in [6.45, 7) is 3.99. The summed E-state index contributed by atoms with van der Waals surface area (Å²) in [7, 11) is 3.38. The number of likely N-dealkylation sites (N-methyl/N-ethyl adjacent to an activating group) is 1. The number of methoxy groups -OCH3 is 1. The minimum Gasteiger partial charge on any atom is -0.496 e. The number of ether oxygens (including phenoxy) is 1. The predicted octanol–water partition coefficient (Wildman–Crippen LogP) is 1.77. The van der Waals surface area contributed by atoms with E-state index in [1.807, 2.05) is 26.0 Å². The van der Waals surface area contributed by atoms with Crippen LogP contribution in [0.15, 0.2) is 12.1 Å². The second-order valence-electron chi connectivity index (χ2n) is 3.61. The molecule has 0 saturated carbocycles. The average molecular weight is 207 g/mol. The molecule has 3 nitrogen and oxygen atoms in total. The molecule has 0 aliphatic rings. The topological polar surface area (TPSA) is 38.3 Å². The van der Waals surface area contributed by atoms with Crippen LogP contribution < -0.4 is 10.1 Å². The van der Waals surface area contributed by atoms with E-state index >= 15 is 0 Å². The van der Waals surface area contributed by atoms with E-state index in [0.717, 1.165) is 28.7 Å². The average Bonchev–Trinajstić information content (AvgIpc) is 2.19. The second-order valence-corrected chi connectivity index (χ2v) is 3.61. The predicted molar refractivity (Wildman–Crippen MR) is 60.3 cm³/mol. The normalized spacial score (nSPS) is 12.3. The van der Waals surface area contributed by atoms with Gasteiger partial charge in [-0.05, 0) is 26.5 Å². The van der Waals surface area contributed by atoms with E-state index < -0.39 is 0 Å². The van der Waals surface area contributed by atoms with Gasteiger partial charge in [-0.2, -0.15) is 0 Å². The molecule has 0 amide bonds. The van der Waals surface area contributed by atoms with E-state index in [1.165, 1.54) is 0 Å². The van der Waals surface area contributed by atoms with Crippen LogP contribution in [0, 0.1) is 13.8 Å². The Balaban J connectivity index is 3.30. The quantitative estimate of drug-likeness (QED) is 0.765. The third kappa shape index (κ3) is 2.36. The molecule has 0 aliphatic heterocycles. The third-order valence-electron chi connectivity index (χ3n) is 2.43. The molecule has 1 aromatic carbocycles. The molecule has 1 aromatic rings. The standard InChI is InChI=1S/C12H17NO2/c1-8-5-9(2)12(15-4)10(6-8)11(7-14)13-3/h5-7,11,13H,1-4H3. The van der Waals surface area contributed by atoms with Gasteiger partial charge < -0.3 is 14.8 Å². The van der Waals surface area contributed by atoms with Crippen molar-refractivity contribution >= 4 is 6.29 Å². The summed E-state index contributed by atoms with van der Waals surface area (Å²) in [5.41, 5.74) is 3.08. The maximum Gasteiger partial charge on any atom is 0.141 e. The number of nitrogens with one attached hydrogen (secondary N) is 1. The van der Waals surface area contributed by atoms with Gasteiger partial charge in [-0.3, -0.25) is 0 Å². The van der Waals surface area contributed by atoms with Crippen molar-refractivity contribution in [1.29, 1.82) is 0 Å². The highest BCUT2D eigenvalue weighted by Gasteiger charge is 2.15. The summed E-state index contributed by atoms with van der Waals surface area (Å²) in [5.74, 6) is 0.784. The molecule has 15 heavy (non-hydrogen) atoms. The first kappa shape index (κ1) is 11.7. The van der Waals surface area contributed by atoms with Crippen LogP contribution in [0.3, 0.4) is 0 Å². The number of benzene rings is 1. The maximum atomic E-state index is 10.9. The Morgan fingerprint density at radius 2 is 2.07 bits per heavy atom. The molecule has 1 N–H and O–H groups in total. The van der Waals surface area contributed by atoms with Crippen LogP contribution in [-0.4, -0.2) is 20.4 Å². The highest BCUT2D eigenvalue weighted by Crippen LogP contribution is 2.29. The highest BCUT2D eigenvalue weighted by molar-refractivity contribution is 5.65. The van der Waals surface area contributed by atoms with Gasteiger partial charge in [0, 0.05) is 5.56 Å². The Kier molecular flexibility index (Phi) is 3.86. The van der Waals surface area contributed by atoms with Crippen LogP contribution >= 0.6 is 0 Å². The lowest BCUT2D eigenvalue weighted by atomic mass is 10.0. The van der Waals surface area contributed by atoms with Crippen LogP contribution in [-0.2, 0) is 4.79 Å². The van der Waals surface area contributed by atoms with Crippen molar-refractivity contribution in [3.63, 3.8) is 0 Å². The molecular formula is C12H17NO2. The minimum absolute atomic E-state index is 0.307. The minimum atomic E-state index is -0.307. The molecule has 0 radical (unpaired) electrons. The Morgan fingerprint density at radius 3 is 2.53 bits per heavy atom. The van der Waals surface area contributed by atoms with E-state index in [9.17, 15) is 4.79 Å². The van der Waals surface area contributed by atoms with Crippen LogP contribution in [0.4, 0.5) is 0 Å². The van der Waals surface area contributed by atoms with Crippen molar-refractivity contribution in [2.75, 3.05) is 14.2 Å². The first-order valence-corrected chi connectivity index (χ1v) is 4.91. The van der Waals surface area contributed by atoms with Gasteiger partial charge in [0.2, 0.25) is 0 Å². The van der Waals surface area contributed by atoms with Gasteiger partial charge in [0.1, 0.15) is 12.0 Å². The lowest BCUT2D eigenvalue weighted by Crippen LogP contribution is -2.18. The van der Waals surface area contributed by atoms with Crippen molar-refractivity contribution in [3.8, 4) is 5.75 Å². The van der Waals surface area contributed by atoms with Gasteiger partial charge in [-0.25, -0.2) is 0 Å². The van der Waals surface area contributed by atoms with Crippen LogP contribution in [0.2, 0.25) is 0 Å². The van der Waals surface area contributed by atoms with Crippen molar-refractivity contribution in [2.45, 2.75) is 19.9 Å². The summed E-state index contributed by atoms with van der Waals surface area (Å²) < 4.78 is 5.32. The molecule has 1 unspecified atom stereocenters. The monoisotopic (exact) mass is 207 g/mol. The number of carbonyl (C=O) groups is 1. The Bertz CT molecular complexity index is 361. The first-order chi connectivity index (χ1) is 7.13. The maximum absolute atomic E-state index is 10.9. The molecule has 0 bridgehead atoms. The lowest BCUT2D eigenvalue weighted by Gasteiger charge is -2.16. The van der Waals surface area contributed by atoms with E-state index in [4.69, 9.17) is 4.74 Å². The zero-order valence-electron chi connectivity index (χ0n) is 9.63. The number of hydrogen-bond donors (Lipinski definition) is 1. The van der Waals surface area contributed by atoms with Gasteiger partial charge >= 0.3 is 0 Å². The number of rotatable bonds is 4. The number of aldehydes is 1. The summed E-state index contributed by atoms with van der Waals surface area (Å²) >= 11 is 0. The van der Waals surface area contributed by atoms with Crippen molar-refractivity contribution in [3.05, 3.63) is 28.8 Å². The highest BCUT2D eigenvalue weighted by atomic mass is 16.5. The summed E-state index contributed by atoms with van der Waals surface area (Å²) in [6.07, 6.45) is 0.886. The fraction of sp³-hybridized carbons (Fsp3) is 0.417. The molecule has 0 aromatic heterocycles. The molecule has 82 valence electrons. The molecule has 0 spiro atoms. The fourth-order valence-electron chi connectivity index (χ4n) is 1.79. The Hall–Kier alpha value is -1.35. The molecule has 1 rings (SSSR count). The third-order valence-corrected chi connectivity index (χ3v) is 2.43. The summed E-state index contributed by atoms with van der Waals surface area (Å²) in [5, 5.41) is 2.95. The second kappa shape index (κ2) is 4.94. The molecule has 0 aliphatic carbocycles. The molecule has 0 fully saturated rings. The van der Waals surface area contributed by atoms with Gasteiger partial charge in [0.25, 0.3) is 0 Å². The Morgan fingerprint density at radius 1 is 1.40 bits per heavy atom. The number of carbonyl (C=O) groups excluding carboxylic acids is 1. The summed E-state index contributed by atoms with van der Waals surface area (Å²) in [4.78, 5) is 10.9. The zero-order chi connectivity index (χ0) is 11.4. The van der Waals surface area contributed by atoms with Crippen LogP contribution in [0.25, 0.3) is 0 Å². The first-order valence-electron chi connectivity index (χ1n) is 4.91. The van der Waals surface area contributed by atoms with Crippen molar-refractivity contribution in [1.82, 2.24) is 5.32 Å². The SMILES string of the molecule is CNC(C=O)c1cc(C)cc(C)c1OC. The zero-order valence-corrected chi connectivity index (χ0v) is 9.63. The van der Waals surface area contributed by atoms with E-state index in [2.05, 4.69) is 5.32 Å². The fourth-order valence-corrected chi connectivity index (χ4v) is 1.79. The molecular weight excluding hydrogens is 190 g/mol. The van der Waals surface area contributed by atoms with E-state index in [0.29, 0.717) is 0 Å². The van der Waals surface area contributed by atoms with Crippen molar-refractivity contribution in [2.24, 2.45) is 0 Å². The summed E-state index contributed by atoms with van der Waals surface area (Å²) in [6, 6.07) is 3.71. The van der Waals surface area contributed by atoms with Crippen molar-refractivity contribution < 1.29 is 9.53 Å². The molecule has 3 heteroatoms. The van der Waals surface area contributed by atoms with Gasteiger partial charge in [-0.15, -0.1) is 0 Å².